The average Bonchev–Trinajstić information content (AvgIpc) is 3.10. The minimum atomic E-state index is -3.55. The van der Waals surface area contributed by atoms with Gasteiger partial charge < -0.3 is 10.1 Å². The Kier molecular flexibility index (Phi) is 6.25. The van der Waals surface area contributed by atoms with Crippen molar-refractivity contribution in [2.45, 2.75) is 37.0 Å². The SMILES string of the molecule is CS(=O)(=O)N1C[C@@H](C(=O)NCCSC2CCCC2)Oc2ccc(Cl)cc21. The first kappa shape index (κ1) is 19.6. The van der Waals surface area contributed by atoms with E-state index < -0.39 is 16.1 Å². The molecule has 26 heavy (non-hydrogen) atoms. The van der Waals surface area contributed by atoms with E-state index in [1.54, 1.807) is 12.1 Å². The molecule has 0 radical (unpaired) electrons. The number of nitrogens with zero attached hydrogens (tertiary/aromatic N) is 1. The summed E-state index contributed by atoms with van der Waals surface area (Å²) in [4.78, 5) is 12.5. The number of ether oxygens (including phenoxy) is 1. The zero-order chi connectivity index (χ0) is 18.7. The summed E-state index contributed by atoms with van der Waals surface area (Å²) < 4.78 is 31.2. The van der Waals surface area contributed by atoms with E-state index in [0.29, 0.717) is 28.3 Å². The third-order valence-electron chi connectivity index (χ3n) is 4.54. The summed E-state index contributed by atoms with van der Waals surface area (Å²) in [6, 6.07) is 4.73. The van der Waals surface area contributed by atoms with E-state index in [4.69, 9.17) is 16.3 Å². The standard InChI is InChI=1S/C17H23ClN2O4S2/c1-26(22,23)20-11-16(24-15-7-6-12(18)10-14(15)20)17(21)19-8-9-25-13-4-2-3-5-13/h6-7,10,13,16H,2-5,8-9,11H2,1H3,(H,19,21)/t16-/m0/s1. The molecule has 1 N–H and O–H groups in total. The molecular weight excluding hydrogens is 396 g/mol. The van der Waals surface area contributed by atoms with Crippen molar-refractivity contribution < 1.29 is 17.9 Å². The van der Waals surface area contributed by atoms with E-state index in [9.17, 15) is 13.2 Å². The molecule has 3 rings (SSSR count). The zero-order valence-corrected chi connectivity index (χ0v) is 17.0. The number of anilines is 1. The minimum Gasteiger partial charge on any atom is -0.476 e. The van der Waals surface area contributed by atoms with Crippen molar-refractivity contribution in [2.75, 3.05) is 29.4 Å². The van der Waals surface area contributed by atoms with Crippen LogP contribution in [0.4, 0.5) is 5.69 Å². The van der Waals surface area contributed by atoms with Gasteiger partial charge in [-0.3, -0.25) is 9.10 Å². The summed E-state index contributed by atoms with van der Waals surface area (Å²) in [5.41, 5.74) is 0.362. The largest absolute Gasteiger partial charge is 0.476 e. The number of rotatable bonds is 6. The van der Waals surface area contributed by atoms with Crippen LogP contribution >= 0.6 is 23.4 Å². The Hall–Kier alpha value is -1.12. The number of sulfonamides is 1. The van der Waals surface area contributed by atoms with Crippen LogP contribution in [0.15, 0.2) is 18.2 Å². The average molecular weight is 419 g/mol. The first-order valence-electron chi connectivity index (χ1n) is 8.68. The van der Waals surface area contributed by atoms with Crippen LogP contribution < -0.4 is 14.4 Å². The topological polar surface area (TPSA) is 75.7 Å². The van der Waals surface area contributed by atoms with Gasteiger partial charge in [0.15, 0.2) is 6.10 Å². The lowest BCUT2D eigenvalue weighted by atomic mass is 10.2. The summed E-state index contributed by atoms with van der Waals surface area (Å²) in [5, 5.41) is 3.97. The molecular formula is C17H23ClN2O4S2. The van der Waals surface area contributed by atoms with Gasteiger partial charge in [0, 0.05) is 22.6 Å². The lowest BCUT2D eigenvalue weighted by molar-refractivity contribution is -0.127. The van der Waals surface area contributed by atoms with E-state index in [0.717, 1.165) is 12.0 Å². The maximum absolute atomic E-state index is 12.5. The van der Waals surface area contributed by atoms with E-state index in [1.165, 1.54) is 36.1 Å². The molecule has 1 saturated carbocycles. The van der Waals surface area contributed by atoms with Crippen LogP contribution in [0.2, 0.25) is 5.02 Å². The van der Waals surface area contributed by atoms with E-state index in [2.05, 4.69) is 5.32 Å². The van der Waals surface area contributed by atoms with E-state index in [1.807, 2.05) is 11.8 Å². The fourth-order valence-electron chi connectivity index (χ4n) is 3.24. The molecule has 0 bridgehead atoms. The summed E-state index contributed by atoms with van der Waals surface area (Å²) in [6.07, 6.45) is 5.33. The molecule has 1 fully saturated rings. The fourth-order valence-corrected chi connectivity index (χ4v) is 5.54. The first-order valence-corrected chi connectivity index (χ1v) is 12.0. The predicted molar refractivity (Wildman–Crippen MR) is 106 cm³/mol. The third-order valence-corrected chi connectivity index (χ3v) is 7.30. The van der Waals surface area contributed by atoms with E-state index >= 15 is 0 Å². The second-order valence-electron chi connectivity index (χ2n) is 6.58. The van der Waals surface area contributed by atoms with E-state index in [-0.39, 0.29) is 12.5 Å². The summed E-state index contributed by atoms with van der Waals surface area (Å²) in [5.74, 6) is 0.892. The minimum absolute atomic E-state index is 0.0617. The Labute approximate surface area is 163 Å². The van der Waals surface area contributed by atoms with Crippen molar-refractivity contribution in [3.63, 3.8) is 0 Å². The Morgan fingerprint density at radius 1 is 1.38 bits per heavy atom. The molecule has 1 atom stereocenters. The van der Waals surface area contributed by atoms with Crippen molar-refractivity contribution >= 4 is 45.0 Å². The van der Waals surface area contributed by atoms with Gasteiger partial charge in [-0.25, -0.2) is 8.42 Å². The van der Waals surface area contributed by atoms with Crippen molar-refractivity contribution in [3.8, 4) is 5.75 Å². The smallest absolute Gasteiger partial charge is 0.263 e. The van der Waals surface area contributed by atoms with Crippen LogP contribution in [-0.2, 0) is 14.8 Å². The highest BCUT2D eigenvalue weighted by atomic mass is 35.5. The molecule has 6 nitrogen and oxygen atoms in total. The molecule has 0 unspecified atom stereocenters. The van der Waals surface area contributed by atoms with Gasteiger partial charge >= 0.3 is 0 Å². The van der Waals surface area contributed by atoms with Crippen LogP contribution in [0, 0.1) is 0 Å². The number of fused-ring (bicyclic) bond motifs is 1. The molecule has 9 heteroatoms. The molecule has 0 aromatic heterocycles. The lowest BCUT2D eigenvalue weighted by Crippen LogP contribution is -2.50. The second kappa shape index (κ2) is 8.27. The van der Waals surface area contributed by atoms with Crippen LogP contribution in [-0.4, -0.2) is 50.8 Å². The van der Waals surface area contributed by atoms with Crippen molar-refractivity contribution in [1.82, 2.24) is 5.32 Å². The Morgan fingerprint density at radius 3 is 2.81 bits per heavy atom. The zero-order valence-electron chi connectivity index (χ0n) is 14.6. The first-order chi connectivity index (χ1) is 12.3. The van der Waals surface area contributed by atoms with Crippen molar-refractivity contribution in [1.29, 1.82) is 0 Å². The number of carbonyl (C=O) groups is 1. The predicted octanol–water partition coefficient (Wildman–Crippen LogP) is 2.66. The number of amides is 1. The number of carbonyl (C=O) groups excluding carboxylic acids is 1. The molecule has 0 saturated heterocycles. The number of hydrogen-bond acceptors (Lipinski definition) is 5. The number of nitrogens with one attached hydrogen (secondary N) is 1. The maximum Gasteiger partial charge on any atom is 0.263 e. The van der Waals surface area contributed by atoms with Crippen LogP contribution in [0.25, 0.3) is 0 Å². The Balaban J connectivity index is 1.61. The monoisotopic (exact) mass is 418 g/mol. The van der Waals surface area contributed by atoms with Crippen LogP contribution in [0.1, 0.15) is 25.7 Å². The van der Waals surface area contributed by atoms with Gasteiger partial charge in [0.05, 0.1) is 18.5 Å². The normalized spacial score (nSPS) is 20.5. The van der Waals surface area contributed by atoms with Crippen LogP contribution in [0.5, 0.6) is 5.75 Å². The molecule has 0 spiro atoms. The summed E-state index contributed by atoms with van der Waals surface area (Å²) in [7, 11) is -3.55. The molecule has 2 aliphatic rings. The molecule has 1 aromatic rings. The highest BCUT2D eigenvalue weighted by Crippen LogP contribution is 2.37. The van der Waals surface area contributed by atoms with Gasteiger partial charge in [0.1, 0.15) is 5.75 Å². The van der Waals surface area contributed by atoms with Crippen LogP contribution in [0.3, 0.4) is 0 Å². The Morgan fingerprint density at radius 2 is 2.12 bits per heavy atom. The molecule has 1 aromatic carbocycles. The number of hydrogen-bond donors (Lipinski definition) is 1. The molecule has 1 aliphatic carbocycles. The number of thioether (sulfide) groups is 1. The van der Waals surface area contributed by atoms with Gasteiger partial charge in [-0.15, -0.1) is 0 Å². The molecule has 144 valence electrons. The highest BCUT2D eigenvalue weighted by molar-refractivity contribution is 7.99. The summed E-state index contributed by atoms with van der Waals surface area (Å²) in [6.45, 7) is 0.486. The summed E-state index contributed by atoms with van der Waals surface area (Å²) >= 11 is 7.86. The van der Waals surface area contributed by atoms with Gasteiger partial charge in [0.2, 0.25) is 10.0 Å². The van der Waals surface area contributed by atoms with Gasteiger partial charge in [-0.05, 0) is 31.0 Å². The van der Waals surface area contributed by atoms with Crippen molar-refractivity contribution in [3.05, 3.63) is 23.2 Å². The van der Waals surface area contributed by atoms with Gasteiger partial charge in [-0.1, -0.05) is 24.4 Å². The third kappa shape index (κ3) is 4.78. The van der Waals surface area contributed by atoms with Gasteiger partial charge in [0.25, 0.3) is 5.91 Å². The fraction of sp³-hybridized carbons (Fsp3) is 0.588. The molecule has 1 amide bonds. The lowest BCUT2D eigenvalue weighted by Gasteiger charge is -2.34. The maximum atomic E-state index is 12.5. The van der Waals surface area contributed by atoms with Crippen molar-refractivity contribution in [2.24, 2.45) is 0 Å². The quantitative estimate of drug-likeness (QED) is 0.719. The van der Waals surface area contributed by atoms with Gasteiger partial charge in [-0.2, -0.15) is 11.8 Å². The Bertz CT molecular complexity index is 766. The number of halogens is 1. The number of benzene rings is 1. The second-order valence-corrected chi connectivity index (χ2v) is 10.3. The molecule has 1 heterocycles. The highest BCUT2D eigenvalue weighted by Gasteiger charge is 2.35. The molecule has 1 aliphatic heterocycles.